The van der Waals surface area contributed by atoms with E-state index in [1.807, 2.05) is 0 Å². The second-order valence-corrected chi connectivity index (χ2v) is 5.08. The summed E-state index contributed by atoms with van der Waals surface area (Å²) in [5.74, 6) is -0.420. The first kappa shape index (κ1) is 12.7. The standard InChI is InChI=1S/C11H14N2O2S/c1-5-15-9(14)8-7(2)16-10(13-8)11(3,4)6-12/h5H2,1-4H3. The molecular weight excluding hydrogens is 224 g/mol. The Bertz CT molecular complexity index is 443. The van der Waals surface area contributed by atoms with Gasteiger partial charge in [-0.15, -0.1) is 11.3 Å². The summed E-state index contributed by atoms with van der Waals surface area (Å²) >= 11 is 1.37. The van der Waals surface area contributed by atoms with E-state index in [0.29, 0.717) is 17.3 Å². The number of carbonyl (C=O) groups excluding carboxylic acids is 1. The third kappa shape index (κ3) is 2.39. The predicted molar refractivity (Wildman–Crippen MR) is 61.4 cm³/mol. The van der Waals surface area contributed by atoms with E-state index in [4.69, 9.17) is 10.00 Å². The van der Waals surface area contributed by atoms with Gasteiger partial charge in [-0.25, -0.2) is 9.78 Å². The van der Waals surface area contributed by atoms with E-state index < -0.39 is 11.4 Å². The minimum Gasteiger partial charge on any atom is -0.461 e. The molecule has 5 heteroatoms. The lowest BCUT2D eigenvalue weighted by atomic mass is 9.97. The van der Waals surface area contributed by atoms with Crippen LogP contribution in [0.25, 0.3) is 0 Å². The number of nitrogens with zero attached hydrogens (tertiary/aromatic N) is 2. The molecule has 0 radical (unpaired) electrons. The van der Waals surface area contributed by atoms with Crippen molar-refractivity contribution in [2.75, 3.05) is 6.61 Å². The molecule has 0 unspecified atom stereocenters. The first-order chi connectivity index (χ1) is 7.42. The molecule has 0 bridgehead atoms. The molecule has 0 aliphatic carbocycles. The monoisotopic (exact) mass is 238 g/mol. The van der Waals surface area contributed by atoms with Crippen molar-refractivity contribution in [2.45, 2.75) is 33.1 Å². The number of hydrogen-bond donors (Lipinski definition) is 0. The average Bonchev–Trinajstić information content (AvgIpc) is 2.61. The maximum absolute atomic E-state index is 11.5. The van der Waals surface area contributed by atoms with E-state index in [1.54, 1.807) is 27.7 Å². The topological polar surface area (TPSA) is 63.0 Å². The van der Waals surface area contributed by atoms with Gasteiger partial charge in [0.25, 0.3) is 0 Å². The number of aromatic nitrogens is 1. The fourth-order valence-corrected chi connectivity index (χ4v) is 2.05. The lowest BCUT2D eigenvalue weighted by molar-refractivity contribution is 0.0519. The quantitative estimate of drug-likeness (QED) is 0.759. The third-order valence-corrected chi connectivity index (χ3v) is 3.37. The fraction of sp³-hybridized carbons (Fsp3) is 0.545. The minimum atomic E-state index is -0.666. The van der Waals surface area contributed by atoms with Crippen molar-refractivity contribution < 1.29 is 9.53 Å². The Balaban J connectivity index is 3.09. The van der Waals surface area contributed by atoms with Crippen molar-refractivity contribution in [1.29, 1.82) is 5.26 Å². The molecule has 0 spiro atoms. The first-order valence-corrected chi connectivity index (χ1v) is 5.80. The second-order valence-electron chi connectivity index (χ2n) is 3.88. The Morgan fingerprint density at radius 3 is 2.75 bits per heavy atom. The molecule has 4 nitrogen and oxygen atoms in total. The van der Waals surface area contributed by atoms with E-state index >= 15 is 0 Å². The molecule has 0 aliphatic rings. The average molecular weight is 238 g/mol. The molecule has 1 aromatic heterocycles. The molecule has 0 atom stereocenters. The van der Waals surface area contributed by atoms with E-state index in [2.05, 4.69) is 11.1 Å². The molecule has 0 aromatic carbocycles. The van der Waals surface area contributed by atoms with Crippen LogP contribution < -0.4 is 0 Å². The van der Waals surface area contributed by atoms with Gasteiger partial charge in [0.2, 0.25) is 0 Å². The highest BCUT2D eigenvalue weighted by Gasteiger charge is 2.27. The Labute approximate surface area is 98.9 Å². The summed E-state index contributed by atoms with van der Waals surface area (Å²) in [5.41, 5.74) is -0.342. The molecule has 1 rings (SSSR count). The number of ether oxygens (including phenoxy) is 1. The van der Waals surface area contributed by atoms with Crippen molar-refractivity contribution in [3.05, 3.63) is 15.6 Å². The Morgan fingerprint density at radius 2 is 2.25 bits per heavy atom. The highest BCUT2D eigenvalue weighted by atomic mass is 32.1. The van der Waals surface area contributed by atoms with Crippen LogP contribution in [0.5, 0.6) is 0 Å². The molecule has 0 saturated carbocycles. The predicted octanol–water partition coefficient (Wildman–Crippen LogP) is 2.43. The van der Waals surface area contributed by atoms with Crippen molar-refractivity contribution >= 4 is 17.3 Å². The summed E-state index contributed by atoms with van der Waals surface area (Å²) in [5, 5.41) is 9.64. The fourth-order valence-electron chi connectivity index (χ4n) is 1.10. The van der Waals surface area contributed by atoms with Crippen LogP contribution in [-0.4, -0.2) is 17.6 Å². The maximum atomic E-state index is 11.5. The normalized spacial score (nSPS) is 10.9. The van der Waals surface area contributed by atoms with Crippen LogP contribution in [0.3, 0.4) is 0 Å². The number of carbonyl (C=O) groups is 1. The van der Waals surface area contributed by atoms with E-state index in [1.165, 1.54) is 11.3 Å². The SMILES string of the molecule is CCOC(=O)c1nc(C(C)(C)C#N)sc1C. The number of rotatable bonds is 3. The van der Waals surface area contributed by atoms with Crippen LogP contribution >= 0.6 is 11.3 Å². The van der Waals surface area contributed by atoms with Crippen molar-refractivity contribution in [1.82, 2.24) is 4.98 Å². The zero-order chi connectivity index (χ0) is 12.3. The van der Waals surface area contributed by atoms with Gasteiger partial charge in [-0.1, -0.05) is 0 Å². The van der Waals surface area contributed by atoms with E-state index in [9.17, 15) is 4.79 Å². The van der Waals surface area contributed by atoms with Gasteiger partial charge in [0.05, 0.1) is 12.7 Å². The summed E-state index contributed by atoms with van der Waals surface area (Å²) < 4.78 is 4.89. The molecule has 86 valence electrons. The lowest BCUT2D eigenvalue weighted by Gasteiger charge is -2.09. The van der Waals surface area contributed by atoms with Gasteiger partial charge in [-0.3, -0.25) is 0 Å². The number of nitriles is 1. The Kier molecular flexibility index (Phi) is 3.66. The summed E-state index contributed by atoms with van der Waals surface area (Å²) in [4.78, 5) is 16.5. The highest BCUT2D eigenvalue weighted by molar-refractivity contribution is 7.12. The van der Waals surface area contributed by atoms with Gasteiger partial charge >= 0.3 is 5.97 Å². The van der Waals surface area contributed by atoms with Crippen LogP contribution in [-0.2, 0) is 10.2 Å². The number of hydrogen-bond acceptors (Lipinski definition) is 5. The third-order valence-electron chi connectivity index (χ3n) is 2.08. The van der Waals surface area contributed by atoms with Crippen molar-refractivity contribution in [2.24, 2.45) is 0 Å². The molecule has 0 aliphatic heterocycles. The van der Waals surface area contributed by atoms with Crippen molar-refractivity contribution in [3.63, 3.8) is 0 Å². The second kappa shape index (κ2) is 4.62. The lowest BCUT2D eigenvalue weighted by Crippen LogP contribution is -2.14. The zero-order valence-corrected chi connectivity index (χ0v) is 10.6. The Hall–Kier alpha value is -1.41. The molecule has 16 heavy (non-hydrogen) atoms. The summed E-state index contributed by atoms with van der Waals surface area (Å²) in [6.45, 7) is 7.44. The van der Waals surface area contributed by atoms with Crippen LogP contribution in [0.4, 0.5) is 0 Å². The summed E-state index contributed by atoms with van der Waals surface area (Å²) in [6.07, 6.45) is 0. The van der Waals surface area contributed by atoms with Crippen molar-refractivity contribution in [3.8, 4) is 6.07 Å². The highest BCUT2D eigenvalue weighted by Crippen LogP contribution is 2.29. The molecule has 0 N–H and O–H groups in total. The van der Waals surface area contributed by atoms with Crippen LogP contribution in [0, 0.1) is 18.3 Å². The van der Waals surface area contributed by atoms with Crippen LogP contribution in [0.15, 0.2) is 0 Å². The van der Waals surface area contributed by atoms with Gasteiger partial charge in [0.1, 0.15) is 10.4 Å². The molecule has 0 fully saturated rings. The zero-order valence-electron chi connectivity index (χ0n) is 9.83. The minimum absolute atomic E-state index is 0.324. The van der Waals surface area contributed by atoms with E-state index in [0.717, 1.165) is 4.88 Å². The molecule has 0 saturated heterocycles. The van der Waals surface area contributed by atoms with Gasteiger partial charge < -0.3 is 4.74 Å². The maximum Gasteiger partial charge on any atom is 0.358 e. The van der Waals surface area contributed by atoms with Crippen LogP contribution in [0.1, 0.15) is 41.1 Å². The first-order valence-electron chi connectivity index (χ1n) is 4.98. The number of thiazole rings is 1. The largest absolute Gasteiger partial charge is 0.461 e. The van der Waals surface area contributed by atoms with Gasteiger partial charge in [-0.05, 0) is 27.7 Å². The summed E-state index contributed by atoms with van der Waals surface area (Å²) in [6, 6.07) is 2.16. The smallest absolute Gasteiger partial charge is 0.358 e. The van der Waals surface area contributed by atoms with Gasteiger partial charge in [-0.2, -0.15) is 5.26 Å². The Morgan fingerprint density at radius 1 is 1.62 bits per heavy atom. The van der Waals surface area contributed by atoms with Gasteiger partial charge in [0, 0.05) is 4.88 Å². The van der Waals surface area contributed by atoms with Gasteiger partial charge in [0.15, 0.2) is 5.69 Å². The molecule has 1 heterocycles. The summed E-state index contributed by atoms with van der Waals surface area (Å²) in [7, 11) is 0. The number of esters is 1. The van der Waals surface area contributed by atoms with E-state index in [-0.39, 0.29) is 0 Å². The molecule has 0 amide bonds. The number of aryl methyl sites for hydroxylation is 1. The molecular formula is C11H14N2O2S. The van der Waals surface area contributed by atoms with Crippen LogP contribution in [0.2, 0.25) is 0 Å². The molecule has 1 aromatic rings.